The van der Waals surface area contributed by atoms with E-state index < -0.39 is 0 Å². The van der Waals surface area contributed by atoms with Crippen LogP contribution in [0.2, 0.25) is 0 Å². The largest absolute Gasteiger partial charge is 0.444 e. The predicted octanol–water partition coefficient (Wildman–Crippen LogP) is 3.04. The third kappa shape index (κ3) is 2.43. The lowest BCUT2D eigenvalue weighted by Gasteiger charge is -1.99. The van der Waals surface area contributed by atoms with Gasteiger partial charge in [0.15, 0.2) is 0 Å². The highest BCUT2D eigenvalue weighted by Gasteiger charge is 2.20. The minimum absolute atomic E-state index is 0.233. The molecule has 1 aliphatic carbocycles. The first-order valence-corrected chi connectivity index (χ1v) is 6.17. The van der Waals surface area contributed by atoms with Crippen molar-refractivity contribution in [2.45, 2.75) is 32.4 Å². The van der Waals surface area contributed by atoms with Crippen molar-refractivity contribution >= 4 is 0 Å². The molecule has 1 N–H and O–H groups in total. The fraction of sp³-hybridized carbons (Fsp3) is 0.357. The van der Waals surface area contributed by atoms with Crippen LogP contribution in [0.25, 0.3) is 11.5 Å². The van der Waals surface area contributed by atoms with E-state index in [0.717, 1.165) is 5.69 Å². The Hall–Kier alpha value is -1.68. The normalized spacial score (nSPS) is 15.0. The molecule has 2 aromatic rings. The van der Waals surface area contributed by atoms with Crippen LogP contribution in [0.15, 0.2) is 28.9 Å². The Kier molecular flexibility index (Phi) is 2.88. The quantitative estimate of drug-likeness (QED) is 0.901. The molecule has 0 atom stereocenters. The van der Waals surface area contributed by atoms with Gasteiger partial charge in [0.05, 0.1) is 5.69 Å². The lowest BCUT2D eigenvalue weighted by atomic mass is 10.1. The molecule has 1 aromatic heterocycles. The minimum Gasteiger partial charge on any atom is -0.444 e. The van der Waals surface area contributed by atoms with Gasteiger partial charge >= 0.3 is 0 Å². The van der Waals surface area contributed by atoms with Crippen LogP contribution in [0.4, 0.5) is 4.39 Å². The second kappa shape index (κ2) is 4.53. The van der Waals surface area contributed by atoms with E-state index in [1.54, 1.807) is 19.3 Å². The molecule has 0 spiro atoms. The van der Waals surface area contributed by atoms with Gasteiger partial charge in [0.1, 0.15) is 12.1 Å². The molecule has 1 fully saturated rings. The Bertz CT molecular complexity index is 561. The topological polar surface area (TPSA) is 38.1 Å². The average molecular weight is 246 g/mol. The third-order valence-electron chi connectivity index (χ3n) is 3.12. The number of hydrogen-bond donors (Lipinski definition) is 1. The number of aromatic nitrogens is 1. The van der Waals surface area contributed by atoms with E-state index in [9.17, 15) is 4.39 Å². The van der Waals surface area contributed by atoms with Gasteiger partial charge in [-0.1, -0.05) is 6.07 Å². The molecule has 0 bridgehead atoms. The molecular weight excluding hydrogens is 231 g/mol. The fourth-order valence-corrected chi connectivity index (χ4v) is 1.78. The summed E-state index contributed by atoms with van der Waals surface area (Å²) >= 11 is 0. The molecule has 1 saturated carbocycles. The molecule has 1 aromatic carbocycles. The van der Waals surface area contributed by atoms with Crippen molar-refractivity contribution in [1.82, 2.24) is 10.3 Å². The summed E-state index contributed by atoms with van der Waals surface area (Å²) in [5.74, 6) is 0.241. The van der Waals surface area contributed by atoms with Gasteiger partial charge in [0.2, 0.25) is 5.89 Å². The van der Waals surface area contributed by atoms with Crippen molar-refractivity contribution < 1.29 is 8.81 Å². The lowest BCUT2D eigenvalue weighted by molar-refractivity contribution is 0.567. The summed E-state index contributed by atoms with van der Waals surface area (Å²) in [5.41, 5.74) is 2.16. The average Bonchev–Trinajstić information content (AvgIpc) is 3.08. The van der Waals surface area contributed by atoms with E-state index in [4.69, 9.17) is 4.42 Å². The smallest absolute Gasteiger partial charge is 0.226 e. The van der Waals surface area contributed by atoms with Gasteiger partial charge in [0.25, 0.3) is 0 Å². The molecule has 0 unspecified atom stereocenters. The summed E-state index contributed by atoms with van der Waals surface area (Å²) in [6, 6.07) is 5.65. The summed E-state index contributed by atoms with van der Waals surface area (Å²) in [6.07, 6.45) is 4.12. The molecule has 4 heteroatoms. The lowest BCUT2D eigenvalue weighted by Crippen LogP contribution is -2.15. The van der Waals surface area contributed by atoms with E-state index in [1.807, 2.05) is 6.07 Å². The standard InChI is InChI=1S/C14H15FN2O/c1-9-2-3-10(6-13(9)15)14-17-12(8-18-14)7-16-11-4-5-11/h2-3,6,8,11,16H,4-5,7H2,1H3. The number of halogens is 1. The monoisotopic (exact) mass is 246 g/mol. The first kappa shape index (κ1) is 11.4. The van der Waals surface area contributed by atoms with Gasteiger partial charge in [-0.25, -0.2) is 9.37 Å². The molecule has 3 rings (SSSR count). The Labute approximate surface area is 105 Å². The van der Waals surface area contributed by atoms with Crippen LogP contribution in [0.5, 0.6) is 0 Å². The van der Waals surface area contributed by atoms with Crippen molar-refractivity contribution in [2.24, 2.45) is 0 Å². The van der Waals surface area contributed by atoms with Crippen LogP contribution < -0.4 is 5.32 Å². The number of nitrogens with one attached hydrogen (secondary N) is 1. The van der Waals surface area contributed by atoms with Crippen molar-refractivity contribution in [1.29, 1.82) is 0 Å². The Balaban J connectivity index is 1.76. The van der Waals surface area contributed by atoms with Gasteiger partial charge in [-0.05, 0) is 37.5 Å². The van der Waals surface area contributed by atoms with Crippen LogP contribution >= 0.6 is 0 Å². The molecule has 0 aliphatic heterocycles. The van der Waals surface area contributed by atoms with Gasteiger partial charge < -0.3 is 9.73 Å². The van der Waals surface area contributed by atoms with Crippen molar-refractivity contribution in [2.75, 3.05) is 0 Å². The highest BCUT2D eigenvalue weighted by molar-refractivity contribution is 5.54. The molecule has 0 radical (unpaired) electrons. The summed E-state index contributed by atoms with van der Waals surface area (Å²) in [7, 11) is 0. The summed E-state index contributed by atoms with van der Waals surface area (Å²) < 4.78 is 18.8. The number of benzene rings is 1. The van der Waals surface area contributed by atoms with Crippen LogP contribution in [-0.2, 0) is 6.54 Å². The first-order chi connectivity index (χ1) is 8.72. The second-order valence-corrected chi connectivity index (χ2v) is 4.76. The Morgan fingerprint density at radius 3 is 3.00 bits per heavy atom. The van der Waals surface area contributed by atoms with Crippen molar-refractivity contribution in [3.05, 3.63) is 41.5 Å². The maximum Gasteiger partial charge on any atom is 0.226 e. The number of hydrogen-bond acceptors (Lipinski definition) is 3. The Morgan fingerprint density at radius 1 is 1.44 bits per heavy atom. The van der Waals surface area contributed by atoms with Crippen LogP contribution in [0, 0.1) is 12.7 Å². The summed E-state index contributed by atoms with van der Waals surface area (Å²) in [6.45, 7) is 2.45. The molecule has 1 heterocycles. The molecule has 0 amide bonds. The highest BCUT2D eigenvalue weighted by atomic mass is 19.1. The molecule has 3 nitrogen and oxygen atoms in total. The van der Waals surface area contributed by atoms with Gasteiger partial charge in [-0.2, -0.15) is 0 Å². The molecule has 94 valence electrons. The minimum atomic E-state index is -0.233. The van der Waals surface area contributed by atoms with E-state index in [0.29, 0.717) is 29.6 Å². The molecule has 18 heavy (non-hydrogen) atoms. The summed E-state index contributed by atoms with van der Waals surface area (Å²) in [4.78, 5) is 4.36. The van der Waals surface area contributed by atoms with E-state index in [-0.39, 0.29) is 5.82 Å². The van der Waals surface area contributed by atoms with E-state index in [1.165, 1.54) is 18.9 Å². The summed E-state index contributed by atoms with van der Waals surface area (Å²) in [5, 5.41) is 3.36. The maximum atomic E-state index is 13.5. The van der Waals surface area contributed by atoms with Crippen LogP contribution in [0.3, 0.4) is 0 Å². The fourth-order valence-electron chi connectivity index (χ4n) is 1.78. The third-order valence-corrected chi connectivity index (χ3v) is 3.12. The maximum absolute atomic E-state index is 13.5. The van der Waals surface area contributed by atoms with Crippen LogP contribution in [0.1, 0.15) is 24.1 Å². The first-order valence-electron chi connectivity index (χ1n) is 6.17. The highest BCUT2D eigenvalue weighted by Crippen LogP contribution is 2.22. The Morgan fingerprint density at radius 2 is 2.28 bits per heavy atom. The zero-order valence-electron chi connectivity index (χ0n) is 10.2. The van der Waals surface area contributed by atoms with Gasteiger partial charge in [-0.15, -0.1) is 0 Å². The number of oxazole rings is 1. The van der Waals surface area contributed by atoms with E-state index >= 15 is 0 Å². The van der Waals surface area contributed by atoms with E-state index in [2.05, 4.69) is 10.3 Å². The van der Waals surface area contributed by atoms with Crippen molar-refractivity contribution in [3.63, 3.8) is 0 Å². The van der Waals surface area contributed by atoms with Crippen LogP contribution in [-0.4, -0.2) is 11.0 Å². The molecule has 1 aliphatic rings. The number of aryl methyl sites for hydroxylation is 1. The zero-order valence-corrected chi connectivity index (χ0v) is 10.2. The predicted molar refractivity (Wildman–Crippen MR) is 66.5 cm³/mol. The number of rotatable bonds is 4. The van der Waals surface area contributed by atoms with Crippen molar-refractivity contribution in [3.8, 4) is 11.5 Å². The van der Waals surface area contributed by atoms with Gasteiger partial charge in [0, 0.05) is 18.2 Å². The van der Waals surface area contributed by atoms with Gasteiger partial charge in [-0.3, -0.25) is 0 Å². The SMILES string of the molecule is Cc1ccc(-c2nc(CNC3CC3)co2)cc1F. The number of nitrogens with zero attached hydrogens (tertiary/aromatic N) is 1. The zero-order chi connectivity index (χ0) is 12.5. The molecule has 0 saturated heterocycles. The second-order valence-electron chi connectivity index (χ2n) is 4.76. The molecular formula is C14H15FN2O.